The Kier molecular flexibility index (Phi) is 8.19. The minimum Gasteiger partial charge on any atom is -0.324 e. The SMILES string of the molecule is Cl.Cl.NC(c1ccc(C(=O)Nc2ccncc2)cc1)C1CCCC1. The van der Waals surface area contributed by atoms with Crippen LogP contribution in [0.3, 0.4) is 0 Å². The molecule has 24 heavy (non-hydrogen) atoms. The van der Waals surface area contributed by atoms with Crippen molar-refractivity contribution in [2.24, 2.45) is 11.7 Å². The van der Waals surface area contributed by atoms with Gasteiger partial charge in [0.1, 0.15) is 0 Å². The van der Waals surface area contributed by atoms with Gasteiger partial charge in [-0.2, -0.15) is 0 Å². The lowest BCUT2D eigenvalue weighted by Gasteiger charge is -2.19. The van der Waals surface area contributed by atoms with Gasteiger partial charge in [0.2, 0.25) is 0 Å². The third-order valence-corrected chi connectivity index (χ3v) is 4.40. The van der Waals surface area contributed by atoms with Crippen LogP contribution in [0, 0.1) is 5.92 Å². The number of rotatable bonds is 4. The molecular formula is C18H23Cl2N3O. The zero-order valence-electron chi connectivity index (χ0n) is 13.4. The first kappa shape index (κ1) is 20.4. The van der Waals surface area contributed by atoms with Gasteiger partial charge in [-0.3, -0.25) is 9.78 Å². The van der Waals surface area contributed by atoms with Crippen molar-refractivity contribution in [1.82, 2.24) is 4.98 Å². The van der Waals surface area contributed by atoms with Gasteiger partial charge in [0.25, 0.3) is 5.91 Å². The summed E-state index contributed by atoms with van der Waals surface area (Å²) in [5.41, 5.74) is 8.84. The lowest BCUT2D eigenvalue weighted by Crippen LogP contribution is -2.19. The van der Waals surface area contributed by atoms with Crippen molar-refractivity contribution in [3.05, 3.63) is 59.9 Å². The Bertz CT molecular complexity index is 628. The summed E-state index contributed by atoms with van der Waals surface area (Å²) in [6.07, 6.45) is 8.30. The molecule has 0 spiro atoms. The normalized spacial score (nSPS) is 15.0. The number of anilines is 1. The van der Waals surface area contributed by atoms with Crippen molar-refractivity contribution in [3.63, 3.8) is 0 Å². The third kappa shape index (κ3) is 4.94. The highest BCUT2D eigenvalue weighted by atomic mass is 35.5. The molecule has 1 atom stereocenters. The molecule has 1 amide bonds. The van der Waals surface area contributed by atoms with Gasteiger partial charge >= 0.3 is 0 Å². The van der Waals surface area contributed by atoms with Gasteiger partial charge in [-0.15, -0.1) is 24.8 Å². The molecule has 1 aliphatic carbocycles. The summed E-state index contributed by atoms with van der Waals surface area (Å²) in [7, 11) is 0. The summed E-state index contributed by atoms with van der Waals surface area (Å²) in [6.45, 7) is 0. The summed E-state index contributed by atoms with van der Waals surface area (Å²) >= 11 is 0. The molecule has 0 aliphatic heterocycles. The van der Waals surface area contributed by atoms with Crippen LogP contribution in [-0.4, -0.2) is 10.9 Å². The van der Waals surface area contributed by atoms with Crippen molar-refractivity contribution < 1.29 is 4.79 Å². The summed E-state index contributed by atoms with van der Waals surface area (Å²) in [4.78, 5) is 16.1. The zero-order chi connectivity index (χ0) is 15.4. The molecule has 1 aromatic carbocycles. The molecule has 1 aromatic heterocycles. The van der Waals surface area contributed by atoms with Crippen LogP contribution < -0.4 is 11.1 Å². The van der Waals surface area contributed by atoms with Crippen molar-refractivity contribution >= 4 is 36.4 Å². The Hall–Kier alpha value is -1.62. The average molecular weight is 368 g/mol. The highest BCUT2D eigenvalue weighted by molar-refractivity contribution is 6.04. The van der Waals surface area contributed by atoms with E-state index in [1.807, 2.05) is 24.3 Å². The van der Waals surface area contributed by atoms with Crippen molar-refractivity contribution in [2.45, 2.75) is 31.7 Å². The maximum atomic E-state index is 12.2. The van der Waals surface area contributed by atoms with E-state index in [-0.39, 0.29) is 36.8 Å². The fraction of sp³-hybridized carbons (Fsp3) is 0.333. The molecule has 1 unspecified atom stereocenters. The Morgan fingerprint density at radius 1 is 1.04 bits per heavy atom. The number of nitrogens with one attached hydrogen (secondary N) is 1. The standard InChI is InChI=1S/C18H21N3O.2ClH/c19-17(13-3-1-2-4-13)14-5-7-15(8-6-14)18(22)21-16-9-11-20-12-10-16;;/h5-13,17H,1-4,19H2,(H,20,21,22);2*1H. The van der Waals surface area contributed by atoms with Crippen LogP contribution in [0.5, 0.6) is 0 Å². The molecule has 3 rings (SSSR count). The van der Waals surface area contributed by atoms with E-state index in [2.05, 4.69) is 10.3 Å². The molecule has 0 radical (unpaired) electrons. The number of carbonyl (C=O) groups is 1. The third-order valence-electron chi connectivity index (χ3n) is 4.40. The van der Waals surface area contributed by atoms with E-state index in [9.17, 15) is 4.79 Å². The molecule has 4 nitrogen and oxygen atoms in total. The number of nitrogens with two attached hydrogens (primary N) is 1. The summed E-state index contributed by atoms with van der Waals surface area (Å²) in [6, 6.07) is 11.3. The summed E-state index contributed by atoms with van der Waals surface area (Å²) in [5.74, 6) is 0.462. The molecule has 1 heterocycles. The number of hydrogen-bond donors (Lipinski definition) is 2. The molecule has 3 N–H and O–H groups in total. The van der Waals surface area contributed by atoms with E-state index in [4.69, 9.17) is 5.73 Å². The number of pyridine rings is 1. The Balaban J connectivity index is 0.00000144. The molecule has 6 heteroatoms. The molecular weight excluding hydrogens is 345 g/mol. The maximum absolute atomic E-state index is 12.2. The molecule has 2 aromatic rings. The van der Waals surface area contributed by atoms with Crippen molar-refractivity contribution in [3.8, 4) is 0 Å². The van der Waals surface area contributed by atoms with E-state index < -0.39 is 0 Å². The second-order valence-corrected chi connectivity index (χ2v) is 5.88. The molecule has 0 bridgehead atoms. The first-order chi connectivity index (χ1) is 10.7. The van der Waals surface area contributed by atoms with Crippen LogP contribution in [0.4, 0.5) is 5.69 Å². The Morgan fingerprint density at radius 2 is 1.62 bits per heavy atom. The highest BCUT2D eigenvalue weighted by Crippen LogP contribution is 2.34. The second-order valence-electron chi connectivity index (χ2n) is 5.88. The van der Waals surface area contributed by atoms with Gasteiger partial charge in [0, 0.05) is 29.7 Å². The second kappa shape index (κ2) is 9.62. The van der Waals surface area contributed by atoms with Crippen molar-refractivity contribution in [2.75, 3.05) is 5.32 Å². The van der Waals surface area contributed by atoms with Gasteiger partial charge in [0.15, 0.2) is 0 Å². The molecule has 1 fully saturated rings. The van der Waals surface area contributed by atoms with Gasteiger partial charge in [0.05, 0.1) is 0 Å². The predicted molar refractivity (Wildman–Crippen MR) is 102 cm³/mol. The number of halogens is 2. The molecule has 1 aliphatic rings. The molecule has 0 saturated heterocycles. The van der Waals surface area contributed by atoms with E-state index in [1.165, 1.54) is 25.7 Å². The monoisotopic (exact) mass is 367 g/mol. The lowest BCUT2D eigenvalue weighted by molar-refractivity contribution is 0.102. The number of nitrogens with zero attached hydrogens (tertiary/aromatic N) is 1. The topological polar surface area (TPSA) is 68.0 Å². The van der Waals surface area contributed by atoms with Gasteiger partial charge in [-0.05, 0) is 48.6 Å². The minimum absolute atomic E-state index is 0. The maximum Gasteiger partial charge on any atom is 0.255 e. The van der Waals surface area contributed by atoms with Crippen molar-refractivity contribution in [1.29, 1.82) is 0 Å². The first-order valence-electron chi connectivity index (χ1n) is 7.81. The van der Waals surface area contributed by atoms with E-state index in [1.54, 1.807) is 24.5 Å². The molecule has 130 valence electrons. The van der Waals surface area contributed by atoms with Crippen LogP contribution in [0.2, 0.25) is 0 Å². The number of benzene rings is 1. The highest BCUT2D eigenvalue weighted by Gasteiger charge is 2.23. The molecule has 1 saturated carbocycles. The number of amides is 1. The van der Waals surface area contributed by atoms with Crippen LogP contribution in [0.15, 0.2) is 48.8 Å². The van der Waals surface area contributed by atoms with E-state index >= 15 is 0 Å². The zero-order valence-corrected chi connectivity index (χ0v) is 15.0. The summed E-state index contributed by atoms with van der Waals surface area (Å²) < 4.78 is 0. The fourth-order valence-electron chi connectivity index (χ4n) is 3.08. The quantitative estimate of drug-likeness (QED) is 0.842. The Labute approximate surface area is 155 Å². The van der Waals surface area contributed by atoms with Crippen LogP contribution in [0.25, 0.3) is 0 Å². The fourth-order valence-corrected chi connectivity index (χ4v) is 3.08. The average Bonchev–Trinajstić information content (AvgIpc) is 3.10. The number of aromatic nitrogens is 1. The minimum atomic E-state index is -0.118. The predicted octanol–water partition coefficient (Wildman–Crippen LogP) is 4.37. The van der Waals surface area contributed by atoms with Crippen LogP contribution >= 0.6 is 24.8 Å². The lowest BCUT2D eigenvalue weighted by atomic mass is 9.92. The van der Waals surface area contributed by atoms with Crippen LogP contribution in [-0.2, 0) is 0 Å². The first-order valence-corrected chi connectivity index (χ1v) is 7.81. The summed E-state index contributed by atoms with van der Waals surface area (Å²) in [5, 5.41) is 2.85. The van der Waals surface area contributed by atoms with E-state index in [0.29, 0.717) is 11.5 Å². The van der Waals surface area contributed by atoms with Gasteiger partial charge < -0.3 is 11.1 Å². The van der Waals surface area contributed by atoms with Crippen LogP contribution in [0.1, 0.15) is 47.6 Å². The number of carbonyl (C=O) groups excluding carboxylic acids is 1. The van der Waals surface area contributed by atoms with E-state index in [0.717, 1.165) is 11.3 Å². The van der Waals surface area contributed by atoms with Gasteiger partial charge in [-0.25, -0.2) is 0 Å². The largest absolute Gasteiger partial charge is 0.324 e. The number of hydrogen-bond acceptors (Lipinski definition) is 3. The smallest absolute Gasteiger partial charge is 0.255 e. The Morgan fingerprint density at radius 3 is 2.21 bits per heavy atom. The van der Waals surface area contributed by atoms with Gasteiger partial charge in [-0.1, -0.05) is 25.0 Å².